The smallest absolute Gasteiger partial charge is 0.126 e. The standard InChI is InChI=1S/C14H22FNOS/c1-6-13(16-18(17)14(3,4)5)11-7-8-12(15)10(2)9-11/h7-9,13,16H,6H2,1-5H3. The van der Waals surface area contributed by atoms with Gasteiger partial charge in [0.05, 0.1) is 15.7 Å². The van der Waals surface area contributed by atoms with Crippen LogP contribution in [0.2, 0.25) is 0 Å². The van der Waals surface area contributed by atoms with Gasteiger partial charge >= 0.3 is 0 Å². The molecular formula is C14H22FNOS. The van der Waals surface area contributed by atoms with Gasteiger partial charge in [0.25, 0.3) is 0 Å². The van der Waals surface area contributed by atoms with Crippen LogP contribution in [0.5, 0.6) is 0 Å². The molecule has 0 heterocycles. The minimum Gasteiger partial charge on any atom is -0.242 e. The second kappa shape index (κ2) is 5.93. The van der Waals surface area contributed by atoms with Gasteiger partial charge in [0, 0.05) is 6.04 Å². The molecule has 4 heteroatoms. The largest absolute Gasteiger partial charge is 0.242 e. The van der Waals surface area contributed by atoms with Gasteiger partial charge in [0.1, 0.15) is 5.82 Å². The molecule has 0 bridgehead atoms. The van der Waals surface area contributed by atoms with Crippen molar-refractivity contribution in [1.29, 1.82) is 0 Å². The highest BCUT2D eigenvalue weighted by atomic mass is 32.2. The molecule has 1 rings (SSSR count). The lowest BCUT2D eigenvalue weighted by Gasteiger charge is -2.24. The molecule has 1 N–H and O–H groups in total. The minimum absolute atomic E-state index is 0.00985. The van der Waals surface area contributed by atoms with E-state index < -0.39 is 11.0 Å². The van der Waals surface area contributed by atoms with Crippen LogP contribution in [0.1, 0.15) is 51.3 Å². The number of benzene rings is 1. The molecular weight excluding hydrogens is 249 g/mol. The van der Waals surface area contributed by atoms with E-state index in [1.807, 2.05) is 33.8 Å². The van der Waals surface area contributed by atoms with Crippen LogP contribution in [0.4, 0.5) is 4.39 Å². The van der Waals surface area contributed by atoms with Gasteiger partial charge in [0.15, 0.2) is 0 Å². The highest BCUT2D eigenvalue weighted by Crippen LogP contribution is 2.22. The van der Waals surface area contributed by atoms with Gasteiger partial charge in [-0.1, -0.05) is 19.1 Å². The van der Waals surface area contributed by atoms with E-state index in [0.717, 1.165) is 12.0 Å². The third-order valence-electron chi connectivity index (χ3n) is 2.80. The molecule has 1 aromatic rings. The first-order valence-electron chi connectivity index (χ1n) is 6.19. The Morgan fingerprint density at radius 1 is 1.39 bits per heavy atom. The Kier molecular flexibility index (Phi) is 5.05. The second-order valence-electron chi connectivity index (χ2n) is 5.47. The summed E-state index contributed by atoms with van der Waals surface area (Å²) >= 11 is 0. The average molecular weight is 271 g/mol. The van der Waals surface area contributed by atoms with E-state index in [-0.39, 0.29) is 16.6 Å². The molecule has 0 aliphatic carbocycles. The summed E-state index contributed by atoms with van der Waals surface area (Å²) in [6.45, 7) is 9.55. The van der Waals surface area contributed by atoms with E-state index in [2.05, 4.69) is 4.72 Å². The maximum atomic E-state index is 13.2. The molecule has 0 fully saturated rings. The van der Waals surface area contributed by atoms with Crippen LogP contribution in [0, 0.1) is 12.7 Å². The van der Waals surface area contributed by atoms with Crippen molar-refractivity contribution >= 4 is 11.0 Å². The van der Waals surface area contributed by atoms with Crippen LogP contribution >= 0.6 is 0 Å². The van der Waals surface area contributed by atoms with Crippen molar-refractivity contribution in [3.8, 4) is 0 Å². The van der Waals surface area contributed by atoms with Crippen LogP contribution in [0.15, 0.2) is 18.2 Å². The van der Waals surface area contributed by atoms with E-state index in [1.165, 1.54) is 6.07 Å². The summed E-state index contributed by atoms with van der Waals surface area (Å²) in [6.07, 6.45) is 0.812. The fourth-order valence-corrected chi connectivity index (χ4v) is 2.49. The van der Waals surface area contributed by atoms with Gasteiger partial charge in [0.2, 0.25) is 0 Å². The molecule has 18 heavy (non-hydrogen) atoms. The lowest BCUT2D eigenvalue weighted by atomic mass is 10.0. The van der Waals surface area contributed by atoms with Crippen molar-refractivity contribution in [3.63, 3.8) is 0 Å². The van der Waals surface area contributed by atoms with Crippen LogP contribution in [0.3, 0.4) is 0 Å². The van der Waals surface area contributed by atoms with Crippen LogP contribution < -0.4 is 4.72 Å². The van der Waals surface area contributed by atoms with Crippen molar-refractivity contribution in [1.82, 2.24) is 4.72 Å². The summed E-state index contributed by atoms with van der Waals surface area (Å²) in [5.74, 6) is -0.203. The third kappa shape index (κ3) is 3.89. The van der Waals surface area contributed by atoms with E-state index in [0.29, 0.717) is 5.56 Å². The molecule has 0 spiro atoms. The zero-order valence-corrected chi connectivity index (χ0v) is 12.5. The lowest BCUT2D eigenvalue weighted by Crippen LogP contribution is -2.35. The van der Waals surface area contributed by atoms with E-state index >= 15 is 0 Å². The predicted molar refractivity (Wildman–Crippen MR) is 75.2 cm³/mol. The van der Waals surface area contributed by atoms with Gasteiger partial charge in [-0.25, -0.2) is 13.3 Å². The van der Waals surface area contributed by atoms with Crippen LogP contribution in [0.25, 0.3) is 0 Å². The van der Waals surface area contributed by atoms with Gasteiger partial charge in [-0.15, -0.1) is 0 Å². The summed E-state index contributed by atoms with van der Waals surface area (Å²) in [5.41, 5.74) is 1.60. The second-order valence-corrected chi connectivity index (χ2v) is 7.47. The van der Waals surface area contributed by atoms with Gasteiger partial charge in [-0.05, 0) is 51.3 Å². The maximum absolute atomic E-state index is 13.2. The fraction of sp³-hybridized carbons (Fsp3) is 0.571. The first kappa shape index (κ1) is 15.3. The zero-order chi connectivity index (χ0) is 13.9. The molecule has 0 saturated carbocycles. The van der Waals surface area contributed by atoms with Gasteiger partial charge in [-0.3, -0.25) is 0 Å². The fourth-order valence-electron chi connectivity index (χ4n) is 1.58. The Bertz CT molecular complexity index is 440. The summed E-state index contributed by atoms with van der Waals surface area (Å²) in [6, 6.07) is 5.03. The Morgan fingerprint density at radius 2 is 2.00 bits per heavy atom. The summed E-state index contributed by atoms with van der Waals surface area (Å²) in [5, 5.41) is 0. The summed E-state index contributed by atoms with van der Waals surface area (Å²) in [4.78, 5) is 0. The molecule has 2 unspecified atom stereocenters. The van der Waals surface area contributed by atoms with Crippen LogP contribution in [-0.4, -0.2) is 8.96 Å². The molecule has 0 amide bonds. The number of hydrogen-bond donors (Lipinski definition) is 1. The normalized spacial score (nSPS) is 15.4. The van der Waals surface area contributed by atoms with Gasteiger partial charge in [-0.2, -0.15) is 0 Å². The monoisotopic (exact) mass is 271 g/mol. The molecule has 0 saturated heterocycles. The highest BCUT2D eigenvalue weighted by Gasteiger charge is 2.23. The average Bonchev–Trinajstić information content (AvgIpc) is 2.28. The Balaban J connectivity index is 2.90. The first-order valence-corrected chi connectivity index (χ1v) is 7.34. The molecule has 102 valence electrons. The van der Waals surface area contributed by atoms with Crippen molar-refractivity contribution in [3.05, 3.63) is 35.1 Å². The van der Waals surface area contributed by atoms with Crippen molar-refractivity contribution in [2.45, 2.75) is 51.8 Å². The molecule has 1 aromatic carbocycles. The number of aryl methyl sites for hydroxylation is 1. The molecule has 0 aliphatic heterocycles. The van der Waals surface area contributed by atoms with E-state index in [4.69, 9.17) is 0 Å². The van der Waals surface area contributed by atoms with E-state index in [1.54, 1.807) is 13.0 Å². The Labute approximate surface area is 112 Å². The summed E-state index contributed by atoms with van der Waals surface area (Å²) in [7, 11) is -1.12. The number of rotatable bonds is 4. The van der Waals surface area contributed by atoms with Crippen molar-refractivity contribution in [2.75, 3.05) is 0 Å². The summed E-state index contributed by atoms with van der Waals surface area (Å²) < 4.78 is 28.1. The first-order chi connectivity index (χ1) is 8.25. The Morgan fingerprint density at radius 3 is 2.44 bits per heavy atom. The third-order valence-corrected chi connectivity index (χ3v) is 4.41. The number of hydrogen-bond acceptors (Lipinski definition) is 1. The lowest BCUT2D eigenvalue weighted by molar-refractivity contribution is 0.584. The zero-order valence-electron chi connectivity index (χ0n) is 11.7. The molecule has 2 atom stereocenters. The highest BCUT2D eigenvalue weighted by molar-refractivity contribution is 7.84. The number of nitrogens with one attached hydrogen (secondary N) is 1. The quantitative estimate of drug-likeness (QED) is 0.890. The maximum Gasteiger partial charge on any atom is 0.126 e. The topological polar surface area (TPSA) is 29.1 Å². The van der Waals surface area contributed by atoms with E-state index in [9.17, 15) is 8.60 Å². The van der Waals surface area contributed by atoms with Gasteiger partial charge < -0.3 is 0 Å². The molecule has 0 radical (unpaired) electrons. The molecule has 0 aromatic heterocycles. The van der Waals surface area contributed by atoms with Crippen molar-refractivity contribution in [2.24, 2.45) is 0 Å². The molecule has 2 nitrogen and oxygen atoms in total. The predicted octanol–water partition coefficient (Wildman–Crippen LogP) is 3.64. The van der Waals surface area contributed by atoms with Crippen molar-refractivity contribution < 1.29 is 8.60 Å². The van der Waals surface area contributed by atoms with Crippen LogP contribution in [-0.2, 0) is 11.0 Å². The minimum atomic E-state index is -1.12. The Hall–Kier alpha value is -0.740. The number of halogens is 1. The molecule has 0 aliphatic rings. The SMILES string of the molecule is CCC(NS(=O)C(C)(C)C)c1ccc(F)c(C)c1.